The second-order valence-electron chi connectivity index (χ2n) is 9.43. The quantitative estimate of drug-likeness (QED) is 0.336. The van der Waals surface area contributed by atoms with Crippen molar-refractivity contribution in [1.29, 1.82) is 0 Å². The number of ether oxygens (including phenoxy) is 1. The Bertz CT molecular complexity index is 1040. The Kier molecular flexibility index (Phi) is 7.61. The Morgan fingerprint density at radius 3 is 2.42 bits per heavy atom. The number of amides is 2. The number of allylic oxidation sites excluding steroid dienone is 1. The van der Waals surface area contributed by atoms with E-state index in [4.69, 9.17) is 9.26 Å². The Labute approximate surface area is 196 Å². The maximum atomic E-state index is 13.1. The number of nitrogens with zero attached hydrogens (tertiary/aromatic N) is 1. The third kappa shape index (κ3) is 6.66. The first-order valence-electron chi connectivity index (χ1n) is 11.0. The number of imide groups is 1. The smallest absolute Gasteiger partial charge is 0.417 e. The minimum absolute atomic E-state index is 0.0979. The lowest BCUT2D eigenvalue weighted by Gasteiger charge is -2.25. The molecular formula is C26H32NO5P. The van der Waals surface area contributed by atoms with Crippen molar-refractivity contribution >= 4 is 19.4 Å². The number of benzene rings is 2. The van der Waals surface area contributed by atoms with Crippen LogP contribution in [0.5, 0.6) is 0 Å². The zero-order valence-electron chi connectivity index (χ0n) is 19.7. The molecule has 3 rings (SSSR count). The molecule has 0 bridgehead atoms. The van der Waals surface area contributed by atoms with Gasteiger partial charge in [-0.15, -0.1) is 6.58 Å². The predicted molar refractivity (Wildman–Crippen MR) is 129 cm³/mol. The van der Waals surface area contributed by atoms with E-state index in [1.807, 2.05) is 75.4 Å². The summed E-state index contributed by atoms with van der Waals surface area (Å²) in [5.74, 6) is -0.576. The Morgan fingerprint density at radius 1 is 1.21 bits per heavy atom. The van der Waals surface area contributed by atoms with Crippen molar-refractivity contribution in [3.63, 3.8) is 0 Å². The number of hydrogen-bond donors (Lipinski definition) is 0. The van der Waals surface area contributed by atoms with E-state index in [9.17, 15) is 14.2 Å². The van der Waals surface area contributed by atoms with Crippen LogP contribution in [0.25, 0.3) is 0 Å². The monoisotopic (exact) mass is 469 g/mol. The number of rotatable bonds is 8. The summed E-state index contributed by atoms with van der Waals surface area (Å²) in [5, 5.41) is 0. The summed E-state index contributed by atoms with van der Waals surface area (Å²) >= 11 is 0. The lowest BCUT2D eigenvalue weighted by atomic mass is 9.94. The summed E-state index contributed by atoms with van der Waals surface area (Å²) in [5.41, 5.74) is 2.17. The van der Waals surface area contributed by atoms with E-state index >= 15 is 0 Å². The summed E-state index contributed by atoms with van der Waals surface area (Å²) < 4.78 is 23.7. The molecular weight excluding hydrogens is 437 g/mol. The van der Waals surface area contributed by atoms with Gasteiger partial charge in [-0.3, -0.25) is 9.36 Å². The largest absolute Gasteiger partial charge is 0.446 e. The molecule has 0 spiro atoms. The van der Waals surface area contributed by atoms with Crippen LogP contribution in [0.3, 0.4) is 0 Å². The number of cyclic esters (lactones) is 1. The molecule has 0 aliphatic carbocycles. The van der Waals surface area contributed by atoms with Gasteiger partial charge in [-0.25, -0.2) is 9.69 Å². The first-order valence-corrected chi connectivity index (χ1v) is 13.3. The van der Waals surface area contributed by atoms with Crippen LogP contribution in [0, 0.1) is 0 Å². The second-order valence-corrected chi connectivity index (χ2v) is 12.0. The molecule has 0 saturated carbocycles. The van der Waals surface area contributed by atoms with Crippen LogP contribution in [0.1, 0.15) is 55.8 Å². The maximum Gasteiger partial charge on any atom is 0.417 e. The van der Waals surface area contributed by atoms with Gasteiger partial charge < -0.3 is 9.26 Å². The summed E-state index contributed by atoms with van der Waals surface area (Å²) in [6.07, 6.45) is 1.52. The topological polar surface area (TPSA) is 72.9 Å². The summed E-state index contributed by atoms with van der Waals surface area (Å²) in [7, 11) is -2.79. The maximum absolute atomic E-state index is 13.1. The SMILES string of the molecule is C=C[C@@H](CC(=O)N1C(=O)OC[C@@H]1c1ccccc1)c1ccc(CP(C)(=O)OC(C)(C)C)cc1. The van der Waals surface area contributed by atoms with Crippen molar-refractivity contribution in [3.8, 4) is 0 Å². The molecule has 1 saturated heterocycles. The van der Waals surface area contributed by atoms with Crippen LogP contribution >= 0.6 is 7.37 Å². The van der Waals surface area contributed by atoms with E-state index in [-0.39, 0.29) is 24.9 Å². The zero-order valence-corrected chi connectivity index (χ0v) is 20.6. The molecule has 0 aromatic heterocycles. The van der Waals surface area contributed by atoms with E-state index < -0.39 is 25.1 Å². The van der Waals surface area contributed by atoms with E-state index in [0.29, 0.717) is 6.16 Å². The Morgan fingerprint density at radius 2 is 1.85 bits per heavy atom. The molecule has 176 valence electrons. The van der Waals surface area contributed by atoms with E-state index in [1.165, 1.54) is 4.90 Å². The second kappa shape index (κ2) is 10.1. The van der Waals surface area contributed by atoms with Crippen LogP contribution in [0.2, 0.25) is 0 Å². The molecule has 1 aliphatic rings. The minimum atomic E-state index is -2.79. The highest BCUT2D eigenvalue weighted by Crippen LogP contribution is 2.49. The van der Waals surface area contributed by atoms with Gasteiger partial charge in [-0.1, -0.05) is 60.7 Å². The standard InChI is InChI=1S/C26H32NO5P/c1-6-20(21-14-12-19(13-15-21)18-33(5,30)32-26(2,3)4)16-24(28)27-23(17-31-25(27)29)22-10-8-7-9-11-22/h6-15,20,23H,1,16-18H2,2-5H3/t20-,23+,33?/m0/s1. The van der Waals surface area contributed by atoms with Gasteiger partial charge in [0.25, 0.3) is 0 Å². The van der Waals surface area contributed by atoms with Gasteiger partial charge in [-0.05, 0) is 37.5 Å². The van der Waals surface area contributed by atoms with E-state index in [1.54, 1.807) is 12.7 Å². The van der Waals surface area contributed by atoms with Crippen molar-refractivity contribution in [3.05, 3.63) is 83.9 Å². The fraction of sp³-hybridized carbons (Fsp3) is 0.385. The normalized spacial score (nSPS) is 19.0. The molecule has 33 heavy (non-hydrogen) atoms. The van der Waals surface area contributed by atoms with Gasteiger partial charge >= 0.3 is 6.09 Å². The van der Waals surface area contributed by atoms with Gasteiger partial charge in [0.2, 0.25) is 13.3 Å². The zero-order chi connectivity index (χ0) is 24.2. The van der Waals surface area contributed by atoms with Crippen LogP contribution in [-0.2, 0) is 24.8 Å². The molecule has 3 atom stereocenters. The highest BCUT2D eigenvalue weighted by molar-refractivity contribution is 7.57. The first-order chi connectivity index (χ1) is 15.5. The molecule has 6 nitrogen and oxygen atoms in total. The molecule has 0 radical (unpaired) electrons. The summed E-state index contributed by atoms with van der Waals surface area (Å²) in [6.45, 7) is 11.3. The molecule has 2 aromatic carbocycles. The summed E-state index contributed by atoms with van der Waals surface area (Å²) in [6, 6.07) is 16.6. The average Bonchev–Trinajstić information content (AvgIpc) is 3.12. The molecule has 1 unspecified atom stereocenters. The van der Waals surface area contributed by atoms with Crippen molar-refractivity contribution in [2.24, 2.45) is 0 Å². The Hall–Kier alpha value is -2.69. The van der Waals surface area contributed by atoms with Crippen LogP contribution < -0.4 is 0 Å². The van der Waals surface area contributed by atoms with Crippen molar-refractivity contribution < 1.29 is 23.4 Å². The number of hydrogen-bond acceptors (Lipinski definition) is 5. The van der Waals surface area contributed by atoms with Crippen LogP contribution in [0.4, 0.5) is 4.79 Å². The molecule has 2 aromatic rings. The molecule has 1 heterocycles. The van der Waals surface area contributed by atoms with Gasteiger partial charge in [0.05, 0.1) is 5.60 Å². The number of carbonyl (C=O) groups is 2. The third-order valence-electron chi connectivity index (χ3n) is 5.35. The van der Waals surface area contributed by atoms with Crippen molar-refractivity contribution in [1.82, 2.24) is 4.90 Å². The minimum Gasteiger partial charge on any atom is -0.446 e. The predicted octanol–water partition coefficient (Wildman–Crippen LogP) is 6.29. The molecule has 7 heteroatoms. The fourth-order valence-corrected chi connectivity index (χ4v) is 6.15. The molecule has 1 aliphatic heterocycles. The fourth-order valence-electron chi connectivity index (χ4n) is 4.05. The Balaban J connectivity index is 1.70. The highest BCUT2D eigenvalue weighted by Gasteiger charge is 2.39. The van der Waals surface area contributed by atoms with E-state index in [0.717, 1.165) is 16.7 Å². The first kappa shape index (κ1) is 24.9. The number of carbonyl (C=O) groups excluding carboxylic acids is 2. The van der Waals surface area contributed by atoms with Crippen LogP contribution in [-0.4, -0.2) is 35.8 Å². The highest BCUT2D eigenvalue weighted by atomic mass is 31.2. The van der Waals surface area contributed by atoms with Crippen LogP contribution in [0.15, 0.2) is 67.3 Å². The third-order valence-corrected chi connectivity index (χ3v) is 7.22. The lowest BCUT2D eigenvalue weighted by molar-refractivity contribution is -0.129. The lowest BCUT2D eigenvalue weighted by Crippen LogP contribution is -2.34. The molecule has 1 fully saturated rings. The van der Waals surface area contributed by atoms with E-state index in [2.05, 4.69) is 6.58 Å². The average molecular weight is 470 g/mol. The van der Waals surface area contributed by atoms with Gasteiger partial charge in [-0.2, -0.15) is 0 Å². The van der Waals surface area contributed by atoms with Gasteiger partial charge in [0.15, 0.2) is 0 Å². The molecule has 0 N–H and O–H groups in total. The van der Waals surface area contributed by atoms with Gasteiger partial charge in [0.1, 0.15) is 12.6 Å². The van der Waals surface area contributed by atoms with Crippen molar-refractivity contribution in [2.75, 3.05) is 13.3 Å². The summed E-state index contributed by atoms with van der Waals surface area (Å²) in [4.78, 5) is 26.6. The van der Waals surface area contributed by atoms with Gasteiger partial charge in [0, 0.05) is 25.2 Å². The van der Waals surface area contributed by atoms with Crippen molar-refractivity contribution in [2.45, 2.75) is 50.9 Å². The molecule has 2 amide bonds.